The number of hydrogen-bond acceptors (Lipinski definition) is 3. The van der Waals surface area contributed by atoms with Crippen molar-refractivity contribution in [3.05, 3.63) is 0 Å². The van der Waals surface area contributed by atoms with E-state index in [1.807, 2.05) is 13.8 Å². The van der Waals surface area contributed by atoms with Gasteiger partial charge >= 0.3 is 0 Å². The summed E-state index contributed by atoms with van der Waals surface area (Å²) in [6, 6.07) is 0. The van der Waals surface area contributed by atoms with Gasteiger partial charge in [0.2, 0.25) is 11.8 Å². The van der Waals surface area contributed by atoms with Crippen molar-refractivity contribution < 1.29 is 9.59 Å². The second-order valence-electron chi connectivity index (χ2n) is 2.96. The number of nitrogens with two attached hydrogens (primary N) is 1. The summed E-state index contributed by atoms with van der Waals surface area (Å²) in [6.07, 6.45) is 0.269. The van der Waals surface area contributed by atoms with Gasteiger partial charge in [0.1, 0.15) is 0 Å². The van der Waals surface area contributed by atoms with Gasteiger partial charge < -0.3 is 16.0 Å². The molecule has 14 heavy (non-hydrogen) atoms. The number of rotatable bonds is 7. The van der Waals surface area contributed by atoms with Gasteiger partial charge in [-0.15, -0.1) is 0 Å². The smallest absolute Gasteiger partial charge is 0.236 e. The lowest BCUT2D eigenvalue weighted by atomic mass is 10.4. The third kappa shape index (κ3) is 5.53. The minimum Gasteiger partial charge on any atom is -0.370 e. The summed E-state index contributed by atoms with van der Waals surface area (Å²) in [7, 11) is 0. The number of likely N-dealkylation sites (N-methyl/N-ethyl adjacent to an activating group) is 1. The van der Waals surface area contributed by atoms with Crippen molar-refractivity contribution in [1.82, 2.24) is 10.2 Å². The number of primary amides is 1. The van der Waals surface area contributed by atoms with E-state index in [-0.39, 0.29) is 24.8 Å². The SMILES string of the molecule is CCN(CC)C(=O)CNCCC(N)=O. The highest BCUT2D eigenvalue weighted by molar-refractivity contribution is 5.78. The van der Waals surface area contributed by atoms with E-state index in [4.69, 9.17) is 5.73 Å². The third-order valence-electron chi connectivity index (χ3n) is 1.94. The van der Waals surface area contributed by atoms with Crippen molar-refractivity contribution in [3.63, 3.8) is 0 Å². The lowest BCUT2D eigenvalue weighted by molar-refractivity contribution is -0.130. The minimum atomic E-state index is -0.354. The monoisotopic (exact) mass is 201 g/mol. The van der Waals surface area contributed by atoms with Gasteiger partial charge in [0, 0.05) is 26.1 Å². The van der Waals surface area contributed by atoms with Gasteiger partial charge in [-0.2, -0.15) is 0 Å². The fraction of sp³-hybridized carbons (Fsp3) is 0.778. The van der Waals surface area contributed by atoms with Crippen LogP contribution in [0.3, 0.4) is 0 Å². The van der Waals surface area contributed by atoms with E-state index >= 15 is 0 Å². The molecule has 0 aliphatic rings. The quantitative estimate of drug-likeness (QED) is 0.536. The van der Waals surface area contributed by atoms with E-state index in [9.17, 15) is 9.59 Å². The molecular formula is C9H19N3O2. The van der Waals surface area contributed by atoms with Gasteiger partial charge in [-0.05, 0) is 13.8 Å². The molecule has 0 radical (unpaired) electrons. The zero-order valence-electron chi connectivity index (χ0n) is 8.88. The molecule has 5 nitrogen and oxygen atoms in total. The Labute approximate surface area is 84.6 Å². The van der Waals surface area contributed by atoms with E-state index in [1.54, 1.807) is 4.90 Å². The van der Waals surface area contributed by atoms with Gasteiger partial charge in [-0.25, -0.2) is 0 Å². The molecule has 0 heterocycles. The first-order valence-corrected chi connectivity index (χ1v) is 4.88. The predicted molar refractivity (Wildman–Crippen MR) is 54.6 cm³/mol. The zero-order chi connectivity index (χ0) is 11.0. The molecule has 0 aliphatic carbocycles. The molecule has 0 saturated heterocycles. The molecule has 82 valence electrons. The molecule has 2 amide bonds. The van der Waals surface area contributed by atoms with Crippen LogP contribution in [0.4, 0.5) is 0 Å². The highest BCUT2D eigenvalue weighted by Crippen LogP contribution is 1.87. The fourth-order valence-electron chi connectivity index (χ4n) is 1.10. The number of carbonyl (C=O) groups is 2. The molecule has 3 N–H and O–H groups in total. The Morgan fingerprint density at radius 3 is 2.29 bits per heavy atom. The lowest BCUT2D eigenvalue weighted by Gasteiger charge is -2.18. The Balaban J connectivity index is 3.57. The Morgan fingerprint density at radius 1 is 1.29 bits per heavy atom. The van der Waals surface area contributed by atoms with E-state index in [0.717, 1.165) is 0 Å². The first kappa shape index (κ1) is 12.9. The van der Waals surface area contributed by atoms with Crippen LogP contribution >= 0.6 is 0 Å². The lowest BCUT2D eigenvalue weighted by Crippen LogP contribution is -2.38. The van der Waals surface area contributed by atoms with Crippen molar-refractivity contribution in [1.29, 1.82) is 0 Å². The van der Waals surface area contributed by atoms with Crippen molar-refractivity contribution in [2.24, 2.45) is 5.73 Å². The molecule has 0 aromatic rings. The average Bonchev–Trinajstić information content (AvgIpc) is 2.14. The molecule has 0 aromatic heterocycles. The number of nitrogens with one attached hydrogen (secondary N) is 1. The molecule has 5 heteroatoms. The molecule has 0 atom stereocenters. The Bertz CT molecular complexity index is 190. The Morgan fingerprint density at radius 2 is 1.86 bits per heavy atom. The molecule has 0 spiro atoms. The standard InChI is InChI=1S/C9H19N3O2/c1-3-12(4-2)9(14)7-11-6-5-8(10)13/h11H,3-7H2,1-2H3,(H2,10,13). The van der Waals surface area contributed by atoms with E-state index in [2.05, 4.69) is 5.32 Å². The highest BCUT2D eigenvalue weighted by atomic mass is 16.2. The van der Waals surface area contributed by atoms with Gasteiger partial charge in [0.05, 0.1) is 6.54 Å². The molecule has 0 rings (SSSR count). The number of hydrogen-bond donors (Lipinski definition) is 2. The highest BCUT2D eigenvalue weighted by Gasteiger charge is 2.07. The first-order valence-electron chi connectivity index (χ1n) is 4.88. The molecule has 0 bridgehead atoms. The van der Waals surface area contributed by atoms with Crippen LogP contribution in [0.1, 0.15) is 20.3 Å². The normalized spacial score (nSPS) is 9.86. The number of amides is 2. The van der Waals surface area contributed by atoms with Gasteiger partial charge in [0.15, 0.2) is 0 Å². The topological polar surface area (TPSA) is 75.4 Å². The van der Waals surface area contributed by atoms with Crippen LogP contribution in [0.2, 0.25) is 0 Å². The molecule has 0 saturated carbocycles. The average molecular weight is 201 g/mol. The van der Waals surface area contributed by atoms with E-state index in [0.29, 0.717) is 19.6 Å². The summed E-state index contributed by atoms with van der Waals surface area (Å²) in [5.41, 5.74) is 4.95. The summed E-state index contributed by atoms with van der Waals surface area (Å²) >= 11 is 0. The van der Waals surface area contributed by atoms with Crippen LogP contribution < -0.4 is 11.1 Å². The largest absolute Gasteiger partial charge is 0.370 e. The number of nitrogens with zero attached hydrogens (tertiary/aromatic N) is 1. The second-order valence-corrected chi connectivity index (χ2v) is 2.96. The van der Waals surface area contributed by atoms with Crippen LogP contribution in [-0.4, -0.2) is 42.9 Å². The summed E-state index contributed by atoms with van der Waals surface area (Å²) in [6.45, 7) is 6.03. The maximum absolute atomic E-state index is 11.4. The van der Waals surface area contributed by atoms with Crippen LogP contribution in [0.25, 0.3) is 0 Å². The van der Waals surface area contributed by atoms with Crippen LogP contribution in [0, 0.1) is 0 Å². The molecule has 0 fully saturated rings. The maximum Gasteiger partial charge on any atom is 0.236 e. The van der Waals surface area contributed by atoms with E-state index < -0.39 is 0 Å². The van der Waals surface area contributed by atoms with Crippen molar-refractivity contribution in [2.75, 3.05) is 26.2 Å². The van der Waals surface area contributed by atoms with Gasteiger partial charge in [-0.1, -0.05) is 0 Å². The zero-order valence-corrected chi connectivity index (χ0v) is 8.88. The Kier molecular flexibility index (Phi) is 6.74. The van der Waals surface area contributed by atoms with Crippen molar-refractivity contribution in [3.8, 4) is 0 Å². The molecular weight excluding hydrogens is 182 g/mol. The number of carbonyl (C=O) groups excluding carboxylic acids is 2. The third-order valence-corrected chi connectivity index (χ3v) is 1.94. The summed E-state index contributed by atoms with van der Waals surface area (Å²) in [5.74, 6) is -0.299. The second kappa shape index (κ2) is 7.32. The van der Waals surface area contributed by atoms with Gasteiger partial charge in [0.25, 0.3) is 0 Å². The Hall–Kier alpha value is -1.10. The van der Waals surface area contributed by atoms with Crippen LogP contribution in [0.5, 0.6) is 0 Å². The first-order chi connectivity index (χ1) is 6.61. The van der Waals surface area contributed by atoms with E-state index in [1.165, 1.54) is 0 Å². The van der Waals surface area contributed by atoms with Crippen molar-refractivity contribution in [2.45, 2.75) is 20.3 Å². The predicted octanol–water partition coefficient (Wildman–Crippen LogP) is -0.680. The fourth-order valence-corrected chi connectivity index (χ4v) is 1.10. The molecule has 0 aliphatic heterocycles. The minimum absolute atomic E-state index is 0.0551. The molecule has 0 aromatic carbocycles. The molecule has 0 unspecified atom stereocenters. The maximum atomic E-state index is 11.4. The van der Waals surface area contributed by atoms with Crippen LogP contribution in [-0.2, 0) is 9.59 Å². The van der Waals surface area contributed by atoms with Gasteiger partial charge in [-0.3, -0.25) is 9.59 Å². The summed E-state index contributed by atoms with van der Waals surface area (Å²) in [4.78, 5) is 23.5. The van der Waals surface area contributed by atoms with Crippen molar-refractivity contribution >= 4 is 11.8 Å². The summed E-state index contributed by atoms with van der Waals surface area (Å²) < 4.78 is 0. The van der Waals surface area contributed by atoms with Crippen LogP contribution in [0.15, 0.2) is 0 Å². The summed E-state index contributed by atoms with van der Waals surface area (Å²) in [5, 5.41) is 2.87.